The van der Waals surface area contributed by atoms with E-state index in [0.29, 0.717) is 17.6 Å². The molecule has 0 saturated carbocycles. The minimum absolute atomic E-state index is 0.0982. The SMILES string of the molecule is CC(c1nc(-c2ccccc2)no1)N1CCC(c2nnc3ccccn23)CC1. The van der Waals surface area contributed by atoms with Crippen molar-refractivity contribution in [1.82, 2.24) is 29.6 Å². The second kappa shape index (κ2) is 7.16. The Morgan fingerprint density at radius 1 is 1.00 bits per heavy atom. The summed E-state index contributed by atoms with van der Waals surface area (Å²) in [5.41, 5.74) is 1.88. The van der Waals surface area contributed by atoms with E-state index in [4.69, 9.17) is 4.52 Å². The summed E-state index contributed by atoms with van der Waals surface area (Å²) in [5.74, 6) is 2.80. The van der Waals surface area contributed by atoms with Gasteiger partial charge in [0.05, 0.1) is 6.04 Å². The average molecular weight is 374 g/mol. The van der Waals surface area contributed by atoms with Gasteiger partial charge in [0.2, 0.25) is 11.7 Å². The van der Waals surface area contributed by atoms with Gasteiger partial charge in [-0.15, -0.1) is 10.2 Å². The summed E-state index contributed by atoms with van der Waals surface area (Å²) < 4.78 is 7.67. The highest BCUT2D eigenvalue weighted by Gasteiger charge is 2.29. The van der Waals surface area contributed by atoms with E-state index < -0.39 is 0 Å². The van der Waals surface area contributed by atoms with Gasteiger partial charge in [-0.1, -0.05) is 41.6 Å². The number of nitrogens with zero attached hydrogens (tertiary/aromatic N) is 6. The Morgan fingerprint density at radius 3 is 2.61 bits per heavy atom. The van der Waals surface area contributed by atoms with Gasteiger partial charge in [0.1, 0.15) is 5.82 Å². The number of piperidine rings is 1. The van der Waals surface area contributed by atoms with Gasteiger partial charge in [-0.05, 0) is 45.0 Å². The van der Waals surface area contributed by atoms with Crippen LogP contribution in [0, 0.1) is 0 Å². The highest BCUT2D eigenvalue weighted by atomic mass is 16.5. The van der Waals surface area contributed by atoms with E-state index in [1.165, 1.54) is 0 Å². The first-order valence-electron chi connectivity index (χ1n) is 9.72. The van der Waals surface area contributed by atoms with Gasteiger partial charge in [-0.3, -0.25) is 9.30 Å². The molecule has 4 heterocycles. The van der Waals surface area contributed by atoms with Crippen LogP contribution in [0.1, 0.15) is 43.4 Å². The molecule has 28 heavy (non-hydrogen) atoms. The largest absolute Gasteiger partial charge is 0.337 e. The third kappa shape index (κ3) is 3.07. The molecule has 1 unspecified atom stereocenters. The summed E-state index contributed by atoms with van der Waals surface area (Å²) in [5, 5.41) is 12.9. The summed E-state index contributed by atoms with van der Waals surface area (Å²) in [7, 11) is 0. The van der Waals surface area contributed by atoms with Gasteiger partial charge < -0.3 is 4.52 Å². The Hall–Kier alpha value is -3.06. The van der Waals surface area contributed by atoms with Gasteiger partial charge in [-0.2, -0.15) is 4.98 Å². The van der Waals surface area contributed by atoms with E-state index in [0.717, 1.165) is 43.0 Å². The molecule has 142 valence electrons. The lowest BCUT2D eigenvalue weighted by Crippen LogP contribution is -2.35. The van der Waals surface area contributed by atoms with Crippen LogP contribution in [0.25, 0.3) is 17.0 Å². The fraction of sp³-hybridized carbons (Fsp3) is 0.333. The summed E-state index contributed by atoms with van der Waals surface area (Å²) in [6.45, 7) is 4.07. The zero-order valence-electron chi connectivity index (χ0n) is 15.8. The van der Waals surface area contributed by atoms with Crippen molar-refractivity contribution in [1.29, 1.82) is 0 Å². The molecule has 0 bridgehead atoms. The van der Waals surface area contributed by atoms with Crippen LogP contribution in [0.5, 0.6) is 0 Å². The van der Waals surface area contributed by atoms with Crippen molar-refractivity contribution in [2.75, 3.05) is 13.1 Å². The quantitative estimate of drug-likeness (QED) is 0.542. The number of likely N-dealkylation sites (tertiary alicyclic amines) is 1. The lowest BCUT2D eigenvalue weighted by atomic mass is 9.95. The molecule has 0 N–H and O–H groups in total. The maximum Gasteiger partial charge on any atom is 0.244 e. The molecule has 7 nitrogen and oxygen atoms in total. The standard InChI is InChI=1S/C21H22N6O/c1-15(21-22-19(25-28-21)16-7-3-2-4-8-16)26-13-10-17(11-14-26)20-24-23-18-9-5-6-12-27(18)20/h2-9,12,15,17H,10-11,13-14H2,1H3. The molecule has 0 aliphatic carbocycles. The number of hydrogen-bond donors (Lipinski definition) is 0. The predicted octanol–water partition coefficient (Wildman–Crippen LogP) is 3.72. The van der Waals surface area contributed by atoms with Crippen LogP contribution in [0.15, 0.2) is 59.3 Å². The van der Waals surface area contributed by atoms with Crippen LogP contribution < -0.4 is 0 Å². The first-order valence-corrected chi connectivity index (χ1v) is 9.72. The van der Waals surface area contributed by atoms with Gasteiger partial charge in [0.15, 0.2) is 5.65 Å². The van der Waals surface area contributed by atoms with Crippen molar-refractivity contribution in [3.05, 3.63) is 66.4 Å². The van der Waals surface area contributed by atoms with E-state index in [9.17, 15) is 0 Å². The van der Waals surface area contributed by atoms with E-state index in [1.54, 1.807) is 0 Å². The normalized spacial score (nSPS) is 17.2. The molecule has 0 spiro atoms. The Bertz CT molecular complexity index is 1060. The number of aromatic nitrogens is 5. The van der Waals surface area contributed by atoms with E-state index in [1.807, 2.05) is 54.7 Å². The second-order valence-electron chi connectivity index (χ2n) is 7.30. The van der Waals surface area contributed by atoms with Crippen LogP contribution in [-0.4, -0.2) is 42.7 Å². The molecule has 7 heteroatoms. The zero-order valence-corrected chi connectivity index (χ0v) is 15.8. The van der Waals surface area contributed by atoms with Crippen LogP contribution in [0.3, 0.4) is 0 Å². The number of benzene rings is 1. The van der Waals surface area contributed by atoms with Crippen molar-refractivity contribution in [2.24, 2.45) is 0 Å². The third-order valence-corrected chi connectivity index (χ3v) is 5.61. The molecular formula is C21H22N6O. The first-order chi connectivity index (χ1) is 13.8. The monoisotopic (exact) mass is 374 g/mol. The molecule has 1 atom stereocenters. The summed E-state index contributed by atoms with van der Waals surface area (Å²) >= 11 is 0. The van der Waals surface area contributed by atoms with E-state index in [2.05, 4.69) is 36.6 Å². The molecule has 5 rings (SSSR count). The summed E-state index contributed by atoms with van der Waals surface area (Å²) in [6, 6.07) is 16.0. The average Bonchev–Trinajstić information content (AvgIpc) is 3.42. The fourth-order valence-corrected chi connectivity index (χ4v) is 3.95. The summed E-state index contributed by atoms with van der Waals surface area (Å²) in [6.07, 6.45) is 4.13. The van der Waals surface area contributed by atoms with Gasteiger partial charge >= 0.3 is 0 Å². The predicted molar refractivity (Wildman–Crippen MR) is 105 cm³/mol. The Labute approximate surface area is 163 Å². The smallest absolute Gasteiger partial charge is 0.244 e. The lowest BCUT2D eigenvalue weighted by Gasteiger charge is -2.33. The molecular weight excluding hydrogens is 352 g/mol. The lowest BCUT2D eigenvalue weighted by molar-refractivity contribution is 0.134. The van der Waals surface area contributed by atoms with Crippen LogP contribution in [0.4, 0.5) is 0 Å². The maximum atomic E-state index is 5.56. The molecule has 1 saturated heterocycles. The third-order valence-electron chi connectivity index (χ3n) is 5.61. The van der Waals surface area contributed by atoms with Crippen LogP contribution in [0.2, 0.25) is 0 Å². The number of fused-ring (bicyclic) bond motifs is 1. The number of rotatable bonds is 4. The Morgan fingerprint density at radius 2 is 1.79 bits per heavy atom. The number of pyridine rings is 1. The van der Waals surface area contributed by atoms with Crippen molar-refractivity contribution in [3.63, 3.8) is 0 Å². The highest BCUT2D eigenvalue weighted by Crippen LogP contribution is 2.31. The minimum Gasteiger partial charge on any atom is -0.337 e. The molecule has 0 radical (unpaired) electrons. The Balaban J connectivity index is 1.27. The Kier molecular flexibility index (Phi) is 4.37. The molecule has 3 aromatic heterocycles. The second-order valence-corrected chi connectivity index (χ2v) is 7.30. The van der Waals surface area contributed by atoms with Gasteiger partial charge in [-0.25, -0.2) is 0 Å². The topological polar surface area (TPSA) is 72.3 Å². The van der Waals surface area contributed by atoms with Crippen molar-refractivity contribution < 1.29 is 4.52 Å². The van der Waals surface area contributed by atoms with E-state index >= 15 is 0 Å². The van der Waals surface area contributed by atoms with Gasteiger partial charge in [0, 0.05) is 17.7 Å². The minimum atomic E-state index is 0.0982. The van der Waals surface area contributed by atoms with Crippen molar-refractivity contribution in [3.8, 4) is 11.4 Å². The molecule has 1 aliphatic rings. The summed E-state index contributed by atoms with van der Waals surface area (Å²) in [4.78, 5) is 7.02. The van der Waals surface area contributed by atoms with Crippen molar-refractivity contribution in [2.45, 2.75) is 31.7 Å². The van der Waals surface area contributed by atoms with E-state index in [-0.39, 0.29) is 6.04 Å². The zero-order chi connectivity index (χ0) is 18.9. The van der Waals surface area contributed by atoms with Gasteiger partial charge in [0.25, 0.3) is 0 Å². The maximum absolute atomic E-state index is 5.56. The molecule has 4 aromatic rings. The van der Waals surface area contributed by atoms with Crippen LogP contribution >= 0.6 is 0 Å². The van der Waals surface area contributed by atoms with Crippen molar-refractivity contribution >= 4 is 5.65 Å². The molecule has 1 aliphatic heterocycles. The fourth-order valence-electron chi connectivity index (χ4n) is 3.95. The first kappa shape index (κ1) is 17.1. The number of hydrogen-bond acceptors (Lipinski definition) is 6. The molecule has 1 aromatic carbocycles. The highest BCUT2D eigenvalue weighted by molar-refractivity contribution is 5.53. The van der Waals surface area contributed by atoms with Crippen LogP contribution in [-0.2, 0) is 0 Å². The molecule has 1 fully saturated rings. The molecule has 0 amide bonds.